The molecule has 1 unspecified atom stereocenters. The van der Waals surface area contributed by atoms with Crippen LogP contribution in [0.2, 0.25) is 0 Å². The highest BCUT2D eigenvalue weighted by Gasteiger charge is 2.31. The highest BCUT2D eigenvalue weighted by atomic mass is 19.3. The molecule has 0 radical (unpaired) electrons. The maximum Gasteiger partial charge on any atom is 0.248 e. The first-order chi connectivity index (χ1) is 6.64. The second kappa shape index (κ2) is 5.39. The fourth-order valence-electron chi connectivity index (χ4n) is 1.74. The van der Waals surface area contributed by atoms with Crippen LogP contribution in [0.15, 0.2) is 0 Å². The number of aldehydes is 1. The minimum Gasteiger partial charge on any atom is -0.371 e. The van der Waals surface area contributed by atoms with E-state index in [1.165, 1.54) is 0 Å². The molecule has 0 bridgehead atoms. The second-order valence-electron chi connectivity index (χ2n) is 3.76. The molecule has 0 aromatic heterocycles. The zero-order valence-corrected chi connectivity index (χ0v) is 8.18. The zero-order valence-electron chi connectivity index (χ0n) is 8.18. The van der Waals surface area contributed by atoms with E-state index in [0.717, 1.165) is 12.8 Å². The van der Waals surface area contributed by atoms with E-state index < -0.39 is 5.92 Å². The molecule has 2 nitrogen and oxygen atoms in total. The molecular weight excluding hydrogens is 190 g/mol. The molecule has 1 rings (SSSR count). The van der Waals surface area contributed by atoms with Crippen molar-refractivity contribution in [1.82, 2.24) is 0 Å². The Morgan fingerprint density at radius 3 is 2.79 bits per heavy atom. The number of ether oxygens (including phenoxy) is 1. The second-order valence-corrected chi connectivity index (χ2v) is 3.76. The summed E-state index contributed by atoms with van der Waals surface area (Å²) < 4.78 is 31.2. The average Bonchev–Trinajstić information content (AvgIpc) is 2.12. The van der Waals surface area contributed by atoms with Gasteiger partial charge in [-0.1, -0.05) is 6.42 Å². The highest BCUT2D eigenvalue weighted by Crippen LogP contribution is 2.31. The van der Waals surface area contributed by atoms with Gasteiger partial charge in [-0.05, 0) is 19.3 Å². The minimum atomic E-state index is -2.54. The lowest BCUT2D eigenvalue weighted by molar-refractivity contribution is -0.115. The van der Waals surface area contributed by atoms with E-state index in [1.807, 2.05) is 0 Å². The summed E-state index contributed by atoms with van der Waals surface area (Å²) in [7, 11) is 0. The molecule has 1 aliphatic rings. The highest BCUT2D eigenvalue weighted by molar-refractivity contribution is 5.50. The van der Waals surface area contributed by atoms with Crippen molar-refractivity contribution in [1.29, 1.82) is 0 Å². The van der Waals surface area contributed by atoms with Crippen molar-refractivity contribution in [3.05, 3.63) is 0 Å². The Bertz CT molecular complexity index is 183. The monoisotopic (exact) mass is 206 g/mol. The van der Waals surface area contributed by atoms with Gasteiger partial charge in [0, 0.05) is 12.8 Å². The van der Waals surface area contributed by atoms with E-state index in [2.05, 4.69) is 0 Å². The van der Waals surface area contributed by atoms with Crippen LogP contribution in [0.5, 0.6) is 0 Å². The standard InChI is InChI=1S/C10H16F2O2/c11-10(12)5-2-1-3-9(4-6-10)14-8-7-13/h7,9H,1-6,8H2. The lowest BCUT2D eigenvalue weighted by atomic mass is 9.96. The summed E-state index contributed by atoms with van der Waals surface area (Å²) in [6.07, 6.45) is 2.85. The van der Waals surface area contributed by atoms with Gasteiger partial charge in [0.15, 0.2) is 0 Å². The first kappa shape index (κ1) is 11.6. The topological polar surface area (TPSA) is 26.3 Å². The van der Waals surface area contributed by atoms with Gasteiger partial charge < -0.3 is 9.53 Å². The quantitative estimate of drug-likeness (QED) is 0.663. The van der Waals surface area contributed by atoms with E-state index in [4.69, 9.17) is 4.74 Å². The number of carbonyl (C=O) groups is 1. The number of hydrogen-bond acceptors (Lipinski definition) is 2. The Hall–Kier alpha value is -0.510. The third-order valence-electron chi connectivity index (χ3n) is 2.55. The number of alkyl halides is 2. The van der Waals surface area contributed by atoms with Crippen LogP contribution in [0.1, 0.15) is 38.5 Å². The maximum atomic E-state index is 13.0. The predicted octanol–water partition coefficient (Wildman–Crippen LogP) is 2.56. The van der Waals surface area contributed by atoms with Crippen molar-refractivity contribution in [2.75, 3.05) is 6.61 Å². The smallest absolute Gasteiger partial charge is 0.248 e. The molecular formula is C10H16F2O2. The molecule has 0 saturated heterocycles. The molecule has 0 aromatic rings. The molecule has 1 atom stereocenters. The van der Waals surface area contributed by atoms with Gasteiger partial charge in [-0.25, -0.2) is 8.78 Å². The summed E-state index contributed by atoms with van der Waals surface area (Å²) in [4.78, 5) is 10.1. The first-order valence-electron chi connectivity index (χ1n) is 5.07. The molecule has 0 spiro atoms. The van der Waals surface area contributed by atoms with Gasteiger partial charge in [0.1, 0.15) is 12.9 Å². The van der Waals surface area contributed by atoms with Crippen LogP contribution in [0, 0.1) is 0 Å². The van der Waals surface area contributed by atoms with Crippen molar-refractivity contribution < 1.29 is 18.3 Å². The predicted molar refractivity (Wildman–Crippen MR) is 48.5 cm³/mol. The first-order valence-corrected chi connectivity index (χ1v) is 5.07. The third kappa shape index (κ3) is 4.13. The van der Waals surface area contributed by atoms with Crippen LogP contribution < -0.4 is 0 Å². The van der Waals surface area contributed by atoms with Gasteiger partial charge in [-0.2, -0.15) is 0 Å². The van der Waals surface area contributed by atoms with Gasteiger partial charge in [-0.15, -0.1) is 0 Å². The van der Waals surface area contributed by atoms with E-state index in [0.29, 0.717) is 19.1 Å². The zero-order chi connectivity index (χ0) is 10.4. The van der Waals surface area contributed by atoms with Crippen LogP contribution >= 0.6 is 0 Å². The molecule has 14 heavy (non-hydrogen) atoms. The number of hydrogen-bond donors (Lipinski definition) is 0. The maximum absolute atomic E-state index is 13.0. The van der Waals surface area contributed by atoms with Crippen molar-refractivity contribution >= 4 is 6.29 Å². The molecule has 1 aliphatic carbocycles. The largest absolute Gasteiger partial charge is 0.371 e. The summed E-state index contributed by atoms with van der Waals surface area (Å²) in [6, 6.07) is 0. The fourth-order valence-corrected chi connectivity index (χ4v) is 1.74. The Morgan fingerprint density at radius 1 is 1.29 bits per heavy atom. The van der Waals surface area contributed by atoms with Crippen molar-refractivity contribution in [2.45, 2.75) is 50.6 Å². The van der Waals surface area contributed by atoms with E-state index in [9.17, 15) is 13.6 Å². The summed E-state index contributed by atoms with van der Waals surface area (Å²) in [6.45, 7) is 0.0240. The average molecular weight is 206 g/mol. The van der Waals surface area contributed by atoms with Gasteiger partial charge in [0.05, 0.1) is 6.10 Å². The Morgan fingerprint density at radius 2 is 2.07 bits per heavy atom. The molecule has 0 N–H and O–H groups in total. The van der Waals surface area contributed by atoms with Crippen LogP contribution in [0.25, 0.3) is 0 Å². The molecule has 1 fully saturated rings. The SMILES string of the molecule is O=CCOC1CCCCC(F)(F)CC1. The Balaban J connectivity index is 2.34. The molecule has 0 heterocycles. The van der Waals surface area contributed by atoms with Crippen molar-refractivity contribution in [2.24, 2.45) is 0 Å². The molecule has 0 aromatic carbocycles. The molecule has 1 saturated carbocycles. The third-order valence-corrected chi connectivity index (χ3v) is 2.55. The van der Waals surface area contributed by atoms with Crippen LogP contribution in [0.3, 0.4) is 0 Å². The molecule has 0 amide bonds. The summed E-state index contributed by atoms with van der Waals surface area (Å²) in [5.74, 6) is -2.54. The summed E-state index contributed by atoms with van der Waals surface area (Å²) >= 11 is 0. The van der Waals surface area contributed by atoms with Crippen molar-refractivity contribution in [3.8, 4) is 0 Å². The lowest BCUT2D eigenvalue weighted by Crippen LogP contribution is -2.24. The number of carbonyl (C=O) groups excluding carboxylic acids is 1. The van der Waals surface area contributed by atoms with Gasteiger partial charge in [0.25, 0.3) is 0 Å². The summed E-state index contributed by atoms with van der Waals surface area (Å²) in [5, 5.41) is 0. The van der Waals surface area contributed by atoms with Crippen LogP contribution in [0.4, 0.5) is 8.78 Å². The van der Waals surface area contributed by atoms with E-state index in [-0.39, 0.29) is 25.6 Å². The van der Waals surface area contributed by atoms with Crippen molar-refractivity contribution in [3.63, 3.8) is 0 Å². The molecule has 82 valence electrons. The van der Waals surface area contributed by atoms with E-state index >= 15 is 0 Å². The normalized spacial score (nSPS) is 27.7. The van der Waals surface area contributed by atoms with Gasteiger partial charge in [0.2, 0.25) is 5.92 Å². The Kier molecular flexibility index (Phi) is 4.45. The lowest BCUT2D eigenvalue weighted by Gasteiger charge is -2.24. The van der Waals surface area contributed by atoms with E-state index in [1.54, 1.807) is 0 Å². The van der Waals surface area contributed by atoms with Crippen LogP contribution in [-0.4, -0.2) is 24.9 Å². The number of rotatable bonds is 3. The van der Waals surface area contributed by atoms with Gasteiger partial charge >= 0.3 is 0 Å². The number of halogens is 2. The fraction of sp³-hybridized carbons (Fsp3) is 0.900. The van der Waals surface area contributed by atoms with Crippen LogP contribution in [-0.2, 0) is 9.53 Å². The Labute approximate surface area is 82.6 Å². The minimum absolute atomic E-state index is 0.00655. The molecule has 0 aliphatic heterocycles. The van der Waals surface area contributed by atoms with Gasteiger partial charge in [-0.3, -0.25) is 0 Å². The summed E-state index contributed by atoms with van der Waals surface area (Å²) in [5.41, 5.74) is 0. The molecule has 4 heteroatoms.